The lowest BCUT2D eigenvalue weighted by Gasteiger charge is -2.11. The number of terminal acetylenes is 2. The Morgan fingerprint density at radius 1 is 1.12 bits per heavy atom. The number of carbonyl (C=O) groups excluding carboxylic acids is 3. The summed E-state index contributed by atoms with van der Waals surface area (Å²) in [6.07, 6.45) is 7.85. The van der Waals surface area contributed by atoms with Gasteiger partial charge in [0.1, 0.15) is 0 Å². The van der Waals surface area contributed by atoms with Gasteiger partial charge in [0.2, 0.25) is 0 Å². The number of rotatable bonds is 6. The van der Waals surface area contributed by atoms with Crippen molar-refractivity contribution in [1.82, 2.24) is 0 Å². The normalized spacial score (nSPS) is 8.44. The van der Waals surface area contributed by atoms with E-state index in [-0.39, 0.29) is 19.7 Å². The molecule has 16 heavy (non-hydrogen) atoms. The van der Waals surface area contributed by atoms with Gasteiger partial charge in [-0.25, -0.2) is 9.59 Å². The minimum atomic E-state index is -1.81. The van der Waals surface area contributed by atoms with Gasteiger partial charge in [0, 0.05) is 0 Å². The molecule has 0 saturated carbocycles. The van der Waals surface area contributed by atoms with Crippen molar-refractivity contribution >= 4 is 18.4 Å². The molecule has 0 heterocycles. The first kappa shape index (κ1) is 13.5. The van der Waals surface area contributed by atoms with Crippen LogP contribution < -0.4 is 0 Å². The van der Waals surface area contributed by atoms with Crippen LogP contribution in [0.4, 0.5) is 0 Å². The molecule has 0 fully saturated rings. The van der Waals surface area contributed by atoms with E-state index in [2.05, 4.69) is 14.2 Å². The van der Waals surface area contributed by atoms with Crippen LogP contribution in [0.1, 0.15) is 0 Å². The monoisotopic (exact) mass is 224 g/mol. The maximum absolute atomic E-state index is 11.1. The largest absolute Gasteiger partial charge is 0.449 e. The predicted molar refractivity (Wildman–Crippen MR) is 50.5 cm³/mol. The first-order chi connectivity index (χ1) is 7.67. The van der Waals surface area contributed by atoms with Crippen LogP contribution in [-0.4, -0.2) is 37.7 Å². The predicted octanol–water partition coefficient (Wildman–Crippen LogP) is -1.12. The van der Waals surface area contributed by atoms with Crippen molar-refractivity contribution in [3.63, 3.8) is 0 Å². The summed E-state index contributed by atoms with van der Waals surface area (Å²) >= 11 is 0. The van der Waals surface area contributed by atoms with Crippen molar-refractivity contribution in [2.75, 3.05) is 13.2 Å². The third-order valence-corrected chi connectivity index (χ3v) is 1.22. The second-order valence-corrected chi connectivity index (χ2v) is 2.24. The van der Waals surface area contributed by atoms with Crippen LogP contribution in [-0.2, 0) is 28.6 Å². The third-order valence-electron chi connectivity index (χ3n) is 1.22. The van der Waals surface area contributed by atoms with Gasteiger partial charge in [-0.3, -0.25) is 4.79 Å². The third kappa shape index (κ3) is 4.68. The van der Waals surface area contributed by atoms with Crippen molar-refractivity contribution in [2.45, 2.75) is 6.10 Å². The van der Waals surface area contributed by atoms with E-state index < -0.39 is 18.0 Å². The van der Waals surface area contributed by atoms with E-state index in [1.165, 1.54) is 0 Å². The molecule has 0 spiro atoms. The molecule has 0 aliphatic heterocycles. The average Bonchev–Trinajstić information content (AvgIpc) is 2.29. The minimum Gasteiger partial charge on any atom is -0.449 e. The Morgan fingerprint density at radius 3 is 1.88 bits per heavy atom. The summed E-state index contributed by atoms with van der Waals surface area (Å²) < 4.78 is 13.0. The lowest BCUT2D eigenvalue weighted by atomic mass is 10.3. The van der Waals surface area contributed by atoms with Crippen molar-refractivity contribution < 1.29 is 28.6 Å². The molecule has 0 bridgehead atoms. The maximum atomic E-state index is 11.1. The van der Waals surface area contributed by atoms with Crippen LogP contribution in [0.3, 0.4) is 0 Å². The van der Waals surface area contributed by atoms with E-state index >= 15 is 0 Å². The van der Waals surface area contributed by atoms with Gasteiger partial charge in [0.25, 0.3) is 12.6 Å². The molecule has 0 aliphatic carbocycles. The molecule has 0 amide bonds. The van der Waals surface area contributed by atoms with Gasteiger partial charge in [0.15, 0.2) is 13.2 Å². The molecular weight excluding hydrogens is 216 g/mol. The topological polar surface area (TPSA) is 78.9 Å². The molecule has 0 aliphatic rings. The summed E-state index contributed by atoms with van der Waals surface area (Å²) in [6.45, 7) is -0.779. The van der Waals surface area contributed by atoms with Gasteiger partial charge in [-0.05, 0) is 0 Å². The molecule has 6 nitrogen and oxygen atoms in total. The van der Waals surface area contributed by atoms with Crippen molar-refractivity contribution in [2.24, 2.45) is 0 Å². The summed E-state index contributed by atoms with van der Waals surface area (Å²) in [5.41, 5.74) is 0. The fourth-order valence-corrected chi connectivity index (χ4v) is 0.640. The van der Waals surface area contributed by atoms with Crippen LogP contribution in [0.5, 0.6) is 0 Å². The summed E-state index contributed by atoms with van der Waals surface area (Å²) in [5, 5.41) is 0. The molecule has 0 aromatic carbocycles. The van der Waals surface area contributed by atoms with Crippen LogP contribution in [0, 0.1) is 24.7 Å². The number of ether oxygens (including phenoxy) is 3. The Labute approximate surface area is 91.8 Å². The Bertz CT molecular complexity index is 315. The number of hydrogen-bond donors (Lipinski definition) is 0. The fraction of sp³-hybridized carbons (Fsp3) is 0.300. The molecule has 84 valence electrons. The number of carbonyl (C=O) groups is 3. The van der Waals surface area contributed by atoms with Gasteiger partial charge >= 0.3 is 11.9 Å². The van der Waals surface area contributed by atoms with E-state index in [1.807, 2.05) is 11.8 Å². The Balaban J connectivity index is 4.42. The van der Waals surface area contributed by atoms with E-state index in [9.17, 15) is 14.4 Å². The van der Waals surface area contributed by atoms with Gasteiger partial charge in [-0.15, -0.1) is 12.8 Å². The first-order valence-corrected chi connectivity index (χ1v) is 3.96. The zero-order chi connectivity index (χ0) is 12.4. The van der Waals surface area contributed by atoms with Gasteiger partial charge < -0.3 is 14.2 Å². The van der Waals surface area contributed by atoms with E-state index in [0.717, 1.165) is 0 Å². The molecule has 0 aromatic rings. The van der Waals surface area contributed by atoms with E-state index in [4.69, 9.17) is 12.8 Å². The molecule has 0 saturated heterocycles. The molecule has 0 radical (unpaired) electrons. The van der Waals surface area contributed by atoms with E-state index in [1.54, 1.807) is 0 Å². The van der Waals surface area contributed by atoms with Crippen LogP contribution in [0.15, 0.2) is 0 Å². The molecule has 0 atom stereocenters. The Morgan fingerprint density at radius 2 is 1.56 bits per heavy atom. The molecule has 0 N–H and O–H groups in total. The highest BCUT2D eigenvalue weighted by Gasteiger charge is 2.31. The molecular formula is C10H8O6. The molecule has 0 unspecified atom stereocenters. The van der Waals surface area contributed by atoms with Crippen LogP contribution >= 0.6 is 0 Å². The fourth-order valence-electron chi connectivity index (χ4n) is 0.640. The smallest absolute Gasteiger partial charge is 0.360 e. The molecule has 6 heteroatoms. The quantitative estimate of drug-likeness (QED) is 0.187. The standard InChI is InChI=1S/C10H8O6/c1-3-5-14-9(12)8(16-7-11)10(13)15-6-4-2/h1-2,7-8H,5-6H2. The van der Waals surface area contributed by atoms with E-state index in [0.29, 0.717) is 0 Å². The maximum Gasteiger partial charge on any atom is 0.360 e. The van der Waals surface area contributed by atoms with Crippen molar-refractivity contribution in [3.05, 3.63) is 0 Å². The molecule has 0 aromatic heterocycles. The second-order valence-electron chi connectivity index (χ2n) is 2.24. The highest BCUT2D eigenvalue weighted by atomic mass is 16.6. The number of hydrogen-bond acceptors (Lipinski definition) is 6. The van der Waals surface area contributed by atoms with Gasteiger partial charge in [-0.2, -0.15) is 0 Å². The van der Waals surface area contributed by atoms with Crippen molar-refractivity contribution in [3.8, 4) is 24.7 Å². The van der Waals surface area contributed by atoms with Gasteiger partial charge in [-0.1, -0.05) is 11.8 Å². The van der Waals surface area contributed by atoms with Gasteiger partial charge in [0.05, 0.1) is 0 Å². The van der Waals surface area contributed by atoms with Crippen LogP contribution in [0.25, 0.3) is 0 Å². The SMILES string of the molecule is C#CCOC(=O)C(OC=O)C(=O)OCC#C. The summed E-state index contributed by atoms with van der Waals surface area (Å²) in [4.78, 5) is 32.3. The summed E-state index contributed by atoms with van der Waals surface area (Å²) in [7, 11) is 0. The zero-order valence-electron chi connectivity index (χ0n) is 8.17. The average molecular weight is 224 g/mol. The summed E-state index contributed by atoms with van der Waals surface area (Å²) in [5.74, 6) is 1.78. The zero-order valence-corrected chi connectivity index (χ0v) is 8.17. The Hall–Kier alpha value is -2.47. The Kier molecular flexibility index (Phi) is 6.67. The minimum absolute atomic E-state index is 0.0844. The number of esters is 2. The first-order valence-electron chi connectivity index (χ1n) is 3.96. The summed E-state index contributed by atoms with van der Waals surface area (Å²) in [6, 6.07) is 0. The molecule has 0 rings (SSSR count). The lowest BCUT2D eigenvalue weighted by molar-refractivity contribution is -0.174. The van der Waals surface area contributed by atoms with Crippen molar-refractivity contribution in [1.29, 1.82) is 0 Å². The highest BCUT2D eigenvalue weighted by molar-refractivity contribution is 5.98. The lowest BCUT2D eigenvalue weighted by Crippen LogP contribution is -2.36. The van der Waals surface area contributed by atoms with Crippen LogP contribution in [0.2, 0.25) is 0 Å². The second kappa shape index (κ2) is 7.89. The highest BCUT2D eigenvalue weighted by Crippen LogP contribution is 1.98.